The topological polar surface area (TPSA) is 35.1 Å². The predicted molar refractivity (Wildman–Crippen MR) is 78.7 cm³/mol. The van der Waals surface area contributed by atoms with Crippen LogP contribution in [0.3, 0.4) is 0 Å². The predicted octanol–water partition coefficient (Wildman–Crippen LogP) is 2.71. The lowest BCUT2D eigenvalue weighted by atomic mass is 10.2. The van der Waals surface area contributed by atoms with Gasteiger partial charge in [0, 0.05) is 11.6 Å². The van der Waals surface area contributed by atoms with E-state index in [0.29, 0.717) is 0 Å². The molecule has 0 spiro atoms. The molecule has 4 nitrogen and oxygen atoms in total. The lowest BCUT2D eigenvalue weighted by Gasteiger charge is -2.06. The van der Waals surface area contributed by atoms with Gasteiger partial charge in [0.05, 0.1) is 23.5 Å². The molecule has 20 heavy (non-hydrogen) atoms. The number of fused-ring (bicyclic) bond motifs is 5. The van der Waals surface area contributed by atoms with E-state index in [0.717, 1.165) is 27.6 Å². The fourth-order valence-corrected chi connectivity index (χ4v) is 2.69. The van der Waals surface area contributed by atoms with Crippen molar-refractivity contribution in [3.8, 4) is 5.75 Å². The van der Waals surface area contributed by atoms with Crippen LogP contribution in [0.15, 0.2) is 59.5 Å². The maximum atomic E-state index is 12.4. The summed E-state index contributed by atoms with van der Waals surface area (Å²) >= 11 is 0. The quantitative estimate of drug-likeness (QED) is 0.530. The second kappa shape index (κ2) is 3.87. The van der Waals surface area contributed by atoms with Gasteiger partial charge in [0.1, 0.15) is 5.75 Å². The smallest absolute Gasteiger partial charge is 0.279 e. The molecule has 4 heteroatoms. The Kier molecular flexibility index (Phi) is 2.15. The van der Waals surface area contributed by atoms with Gasteiger partial charge < -0.3 is 4.74 Å². The summed E-state index contributed by atoms with van der Waals surface area (Å²) in [4.78, 5) is 12.4. The van der Waals surface area contributed by atoms with Crippen LogP contribution >= 0.6 is 0 Å². The highest BCUT2D eigenvalue weighted by atomic mass is 16.5. The highest BCUT2D eigenvalue weighted by Crippen LogP contribution is 2.22. The molecule has 2 heterocycles. The van der Waals surface area contributed by atoms with E-state index in [1.54, 1.807) is 17.8 Å². The minimum Gasteiger partial charge on any atom is -0.497 e. The Morgan fingerprint density at radius 1 is 1.00 bits per heavy atom. The molecule has 0 aliphatic rings. The SMILES string of the molecule is COc1ccc2c(ccn3c(=O)c4ccccc4n23)c1. The van der Waals surface area contributed by atoms with Gasteiger partial charge in [-0.2, -0.15) is 0 Å². The number of methoxy groups -OCH3 is 1. The molecular formula is C16H12N2O2. The zero-order valence-corrected chi connectivity index (χ0v) is 10.9. The van der Waals surface area contributed by atoms with Crippen molar-refractivity contribution in [2.24, 2.45) is 0 Å². The first-order valence-electron chi connectivity index (χ1n) is 6.38. The molecule has 98 valence electrons. The number of ether oxygens (including phenoxy) is 1. The third-order valence-electron chi connectivity index (χ3n) is 3.64. The molecule has 0 N–H and O–H groups in total. The summed E-state index contributed by atoms with van der Waals surface area (Å²) < 4.78 is 8.82. The number of hydrogen-bond donors (Lipinski definition) is 0. The molecule has 2 aromatic carbocycles. The summed E-state index contributed by atoms with van der Waals surface area (Å²) in [6.07, 6.45) is 1.80. The molecule has 0 radical (unpaired) electrons. The summed E-state index contributed by atoms with van der Waals surface area (Å²) in [5.41, 5.74) is 1.89. The van der Waals surface area contributed by atoms with Gasteiger partial charge in [0.25, 0.3) is 5.56 Å². The van der Waals surface area contributed by atoms with Crippen LogP contribution in [0, 0.1) is 0 Å². The molecule has 0 bridgehead atoms. The van der Waals surface area contributed by atoms with Crippen LogP contribution in [-0.2, 0) is 0 Å². The largest absolute Gasteiger partial charge is 0.497 e. The van der Waals surface area contributed by atoms with E-state index in [-0.39, 0.29) is 5.56 Å². The summed E-state index contributed by atoms with van der Waals surface area (Å²) in [6.45, 7) is 0. The maximum Gasteiger partial charge on any atom is 0.279 e. The fraction of sp³-hybridized carbons (Fsp3) is 0.0625. The van der Waals surface area contributed by atoms with Crippen molar-refractivity contribution >= 4 is 21.8 Å². The van der Waals surface area contributed by atoms with Gasteiger partial charge >= 0.3 is 0 Å². The lowest BCUT2D eigenvalue weighted by Crippen LogP contribution is -2.11. The van der Waals surface area contributed by atoms with Gasteiger partial charge in [0.15, 0.2) is 0 Å². The number of rotatable bonds is 1. The number of nitrogens with zero attached hydrogens (tertiary/aromatic N) is 2. The average Bonchev–Trinajstić information content (AvgIpc) is 2.80. The van der Waals surface area contributed by atoms with Gasteiger partial charge in [-0.1, -0.05) is 12.1 Å². The van der Waals surface area contributed by atoms with Crippen molar-refractivity contribution in [2.45, 2.75) is 0 Å². The Balaban J connectivity index is 2.30. The third kappa shape index (κ3) is 1.33. The fourth-order valence-electron chi connectivity index (χ4n) is 2.69. The Hall–Kier alpha value is -2.75. The zero-order valence-electron chi connectivity index (χ0n) is 10.9. The summed E-state index contributed by atoms with van der Waals surface area (Å²) in [5, 5.41) is 1.76. The standard InChI is InChI=1S/C16H12N2O2/c1-20-12-6-7-14-11(10-12)8-9-17-16(19)13-4-2-3-5-15(13)18(14)17/h2-10H,1H3. The highest BCUT2D eigenvalue weighted by Gasteiger charge is 2.10. The lowest BCUT2D eigenvalue weighted by molar-refractivity contribution is 0.415. The number of benzene rings is 2. The normalized spacial score (nSPS) is 11.4. The third-order valence-corrected chi connectivity index (χ3v) is 3.64. The monoisotopic (exact) mass is 264 g/mol. The summed E-state index contributed by atoms with van der Waals surface area (Å²) in [7, 11) is 1.65. The molecule has 0 saturated heterocycles. The first kappa shape index (κ1) is 11.1. The number of hydrogen-bond acceptors (Lipinski definition) is 2. The Morgan fingerprint density at radius 2 is 1.85 bits per heavy atom. The van der Waals surface area contributed by atoms with E-state index in [4.69, 9.17) is 4.74 Å². The summed E-state index contributed by atoms with van der Waals surface area (Å²) in [6, 6.07) is 15.4. The van der Waals surface area contributed by atoms with Crippen molar-refractivity contribution in [1.29, 1.82) is 0 Å². The van der Waals surface area contributed by atoms with E-state index in [9.17, 15) is 4.79 Å². The molecule has 0 aliphatic carbocycles. The second-order valence-electron chi connectivity index (χ2n) is 4.72. The molecule has 0 fully saturated rings. The van der Waals surface area contributed by atoms with E-state index in [1.165, 1.54) is 0 Å². The molecule has 0 atom stereocenters. The van der Waals surface area contributed by atoms with Gasteiger partial charge in [-0.05, 0) is 36.4 Å². The van der Waals surface area contributed by atoms with E-state index in [1.807, 2.05) is 53.0 Å². The van der Waals surface area contributed by atoms with Crippen LogP contribution < -0.4 is 10.3 Å². The van der Waals surface area contributed by atoms with Crippen molar-refractivity contribution < 1.29 is 4.74 Å². The minimum atomic E-state index is -0.00156. The molecule has 2 aromatic heterocycles. The number of para-hydroxylation sites is 1. The summed E-state index contributed by atoms with van der Waals surface area (Å²) in [5.74, 6) is 0.806. The van der Waals surface area contributed by atoms with Gasteiger partial charge in [-0.25, -0.2) is 9.03 Å². The maximum absolute atomic E-state index is 12.4. The van der Waals surface area contributed by atoms with Gasteiger partial charge in [-0.3, -0.25) is 4.79 Å². The molecular weight excluding hydrogens is 252 g/mol. The Morgan fingerprint density at radius 3 is 2.70 bits per heavy atom. The zero-order chi connectivity index (χ0) is 13.7. The van der Waals surface area contributed by atoms with Crippen LogP contribution in [0.1, 0.15) is 0 Å². The van der Waals surface area contributed by atoms with Crippen molar-refractivity contribution in [3.05, 3.63) is 65.1 Å². The Bertz CT molecular complexity index is 1010. The minimum absolute atomic E-state index is 0.00156. The van der Waals surface area contributed by atoms with Crippen LogP contribution in [0.25, 0.3) is 21.8 Å². The van der Waals surface area contributed by atoms with Gasteiger partial charge in [-0.15, -0.1) is 0 Å². The number of aromatic nitrogens is 2. The first-order chi connectivity index (χ1) is 9.79. The average molecular weight is 264 g/mol. The van der Waals surface area contributed by atoms with E-state index >= 15 is 0 Å². The first-order valence-corrected chi connectivity index (χ1v) is 6.38. The van der Waals surface area contributed by atoms with E-state index in [2.05, 4.69) is 0 Å². The molecule has 0 amide bonds. The van der Waals surface area contributed by atoms with Crippen molar-refractivity contribution in [1.82, 2.24) is 9.03 Å². The molecule has 4 rings (SSSR count). The van der Waals surface area contributed by atoms with E-state index < -0.39 is 0 Å². The van der Waals surface area contributed by atoms with Crippen molar-refractivity contribution in [3.63, 3.8) is 0 Å². The van der Waals surface area contributed by atoms with Crippen LogP contribution in [0.5, 0.6) is 5.75 Å². The van der Waals surface area contributed by atoms with Crippen molar-refractivity contribution in [2.75, 3.05) is 7.11 Å². The molecule has 0 aliphatic heterocycles. The molecule has 0 saturated carbocycles. The van der Waals surface area contributed by atoms with Gasteiger partial charge in [0.2, 0.25) is 0 Å². The Labute approximate surface area is 114 Å². The molecule has 4 aromatic rings. The molecule has 0 unspecified atom stereocenters. The highest BCUT2D eigenvalue weighted by molar-refractivity contribution is 5.87. The second-order valence-corrected chi connectivity index (χ2v) is 4.72. The van der Waals surface area contributed by atoms with Crippen LogP contribution in [0.4, 0.5) is 0 Å². The van der Waals surface area contributed by atoms with Crippen LogP contribution in [-0.4, -0.2) is 16.1 Å². The van der Waals surface area contributed by atoms with Crippen LogP contribution in [0.2, 0.25) is 0 Å².